The van der Waals surface area contributed by atoms with Gasteiger partial charge in [-0.05, 0) is 18.8 Å². The van der Waals surface area contributed by atoms with Crippen LogP contribution >= 0.6 is 0 Å². The quantitative estimate of drug-likeness (QED) is 0.765. The Morgan fingerprint density at radius 2 is 2.27 bits per heavy atom. The summed E-state index contributed by atoms with van der Waals surface area (Å²) in [6.07, 6.45) is 1.54. The molecule has 0 saturated carbocycles. The predicted molar refractivity (Wildman–Crippen MR) is 60.7 cm³/mol. The largest absolute Gasteiger partial charge is 0.393 e. The fourth-order valence-corrected chi connectivity index (χ4v) is 1.97. The first-order valence-electron chi connectivity index (χ1n) is 5.97. The first kappa shape index (κ1) is 12.7. The zero-order valence-corrected chi connectivity index (χ0v) is 10.1. The zero-order valence-electron chi connectivity index (χ0n) is 10.1. The van der Waals surface area contributed by atoms with E-state index in [4.69, 9.17) is 0 Å². The number of aliphatic hydroxyl groups is 1. The molecule has 1 fully saturated rings. The van der Waals surface area contributed by atoms with Crippen molar-refractivity contribution in [3.05, 3.63) is 0 Å². The fraction of sp³-hybridized carbons (Fsp3) is 0.917. The van der Waals surface area contributed by atoms with Crippen LogP contribution in [0.15, 0.2) is 0 Å². The van der Waals surface area contributed by atoms with Gasteiger partial charge in [0, 0.05) is 19.0 Å². The molecule has 0 radical (unpaired) electrons. The molecule has 1 saturated heterocycles. The van der Waals surface area contributed by atoms with Crippen molar-refractivity contribution in [2.24, 2.45) is 11.8 Å². The summed E-state index contributed by atoms with van der Waals surface area (Å²) in [5.74, 6) is 0.803. The van der Waals surface area contributed by atoms with Crippen molar-refractivity contribution in [1.82, 2.24) is 4.90 Å². The Balaban J connectivity index is 2.36. The molecule has 0 aromatic heterocycles. The Kier molecular flexibility index (Phi) is 4.74. The van der Waals surface area contributed by atoms with Gasteiger partial charge in [0.2, 0.25) is 0 Å². The summed E-state index contributed by atoms with van der Waals surface area (Å²) in [7, 11) is 0. The van der Waals surface area contributed by atoms with Gasteiger partial charge in [0.1, 0.15) is 5.78 Å². The number of rotatable bonds is 4. The van der Waals surface area contributed by atoms with Gasteiger partial charge >= 0.3 is 0 Å². The maximum absolute atomic E-state index is 11.7. The van der Waals surface area contributed by atoms with Gasteiger partial charge in [0.05, 0.1) is 12.6 Å². The van der Waals surface area contributed by atoms with Crippen molar-refractivity contribution in [1.29, 1.82) is 0 Å². The number of Topliss-reactive ketones (excluding diaryl/α,β-unsaturated/α-hetero) is 1. The average Bonchev–Trinajstić information content (AvgIpc) is 2.22. The van der Waals surface area contributed by atoms with Crippen LogP contribution in [0.1, 0.15) is 33.6 Å². The van der Waals surface area contributed by atoms with Gasteiger partial charge in [-0.3, -0.25) is 9.69 Å². The number of likely N-dealkylation sites (tertiary alicyclic amines) is 1. The van der Waals surface area contributed by atoms with Crippen LogP contribution in [0.4, 0.5) is 0 Å². The summed E-state index contributed by atoms with van der Waals surface area (Å²) in [6, 6.07) is 0. The molecular formula is C12H23NO2. The SMILES string of the molecule is CCC(C)C(=O)CN1CCC(O)C(C)C1. The smallest absolute Gasteiger partial charge is 0.149 e. The molecule has 0 bridgehead atoms. The highest BCUT2D eigenvalue weighted by Gasteiger charge is 2.25. The van der Waals surface area contributed by atoms with Gasteiger partial charge in [-0.1, -0.05) is 20.8 Å². The Hall–Kier alpha value is -0.410. The monoisotopic (exact) mass is 213 g/mol. The maximum atomic E-state index is 11.7. The Morgan fingerprint density at radius 3 is 2.80 bits per heavy atom. The van der Waals surface area contributed by atoms with E-state index in [0.717, 1.165) is 25.9 Å². The van der Waals surface area contributed by atoms with Crippen molar-refractivity contribution < 1.29 is 9.90 Å². The van der Waals surface area contributed by atoms with Gasteiger partial charge in [0.25, 0.3) is 0 Å². The van der Waals surface area contributed by atoms with Crippen LogP contribution in [0.5, 0.6) is 0 Å². The van der Waals surface area contributed by atoms with Crippen LogP contribution < -0.4 is 0 Å². The number of ketones is 1. The van der Waals surface area contributed by atoms with E-state index in [-0.39, 0.29) is 12.0 Å². The molecule has 3 heteroatoms. The normalized spacial score (nSPS) is 30.1. The Morgan fingerprint density at radius 1 is 1.60 bits per heavy atom. The third kappa shape index (κ3) is 3.58. The fourth-order valence-electron chi connectivity index (χ4n) is 1.97. The maximum Gasteiger partial charge on any atom is 0.149 e. The molecule has 0 aliphatic carbocycles. The predicted octanol–water partition coefficient (Wildman–Crippen LogP) is 1.30. The van der Waals surface area contributed by atoms with Gasteiger partial charge < -0.3 is 5.11 Å². The van der Waals surface area contributed by atoms with Gasteiger partial charge in [-0.2, -0.15) is 0 Å². The topological polar surface area (TPSA) is 40.5 Å². The van der Waals surface area contributed by atoms with Crippen LogP contribution in [0, 0.1) is 11.8 Å². The number of carbonyl (C=O) groups is 1. The van der Waals surface area contributed by atoms with Crippen LogP contribution in [-0.2, 0) is 4.79 Å². The van der Waals surface area contributed by atoms with Crippen molar-refractivity contribution >= 4 is 5.78 Å². The van der Waals surface area contributed by atoms with Gasteiger partial charge in [0.15, 0.2) is 0 Å². The van der Waals surface area contributed by atoms with Crippen LogP contribution in [-0.4, -0.2) is 41.5 Å². The van der Waals surface area contributed by atoms with E-state index in [0.29, 0.717) is 18.2 Å². The molecule has 1 aliphatic rings. The molecule has 15 heavy (non-hydrogen) atoms. The molecule has 0 spiro atoms. The summed E-state index contributed by atoms with van der Waals surface area (Å²) in [5, 5.41) is 9.57. The average molecular weight is 213 g/mol. The van der Waals surface area contributed by atoms with Crippen molar-refractivity contribution in [2.45, 2.75) is 39.7 Å². The van der Waals surface area contributed by atoms with Crippen molar-refractivity contribution in [3.8, 4) is 0 Å². The van der Waals surface area contributed by atoms with Crippen LogP contribution in [0.2, 0.25) is 0 Å². The molecule has 0 amide bonds. The van der Waals surface area contributed by atoms with Crippen LogP contribution in [0.3, 0.4) is 0 Å². The van der Waals surface area contributed by atoms with Gasteiger partial charge in [-0.25, -0.2) is 0 Å². The number of aliphatic hydroxyl groups excluding tert-OH is 1. The lowest BCUT2D eigenvalue weighted by Crippen LogP contribution is -2.44. The summed E-state index contributed by atoms with van der Waals surface area (Å²) < 4.78 is 0. The van der Waals surface area contributed by atoms with Gasteiger partial charge in [-0.15, -0.1) is 0 Å². The third-order valence-electron chi connectivity index (χ3n) is 3.49. The lowest BCUT2D eigenvalue weighted by atomic mass is 9.95. The van der Waals surface area contributed by atoms with E-state index in [9.17, 15) is 9.90 Å². The lowest BCUT2D eigenvalue weighted by molar-refractivity contribution is -0.124. The summed E-state index contributed by atoms with van der Waals surface area (Å²) >= 11 is 0. The molecule has 88 valence electrons. The zero-order chi connectivity index (χ0) is 11.4. The van der Waals surface area contributed by atoms with E-state index in [1.54, 1.807) is 0 Å². The Bertz CT molecular complexity index is 218. The highest BCUT2D eigenvalue weighted by atomic mass is 16.3. The van der Waals surface area contributed by atoms with Crippen LogP contribution in [0.25, 0.3) is 0 Å². The van der Waals surface area contributed by atoms with E-state index in [1.807, 2.05) is 20.8 Å². The molecule has 3 atom stereocenters. The second kappa shape index (κ2) is 5.61. The lowest BCUT2D eigenvalue weighted by Gasteiger charge is -2.34. The van der Waals surface area contributed by atoms with E-state index in [2.05, 4.69) is 4.90 Å². The van der Waals surface area contributed by atoms with Crippen molar-refractivity contribution in [2.75, 3.05) is 19.6 Å². The minimum absolute atomic E-state index is 0.173. The number of piperidine rings is 1. The standard InChI is InChI=1S/C12H23NO2/c1-4-9(2)12(15)8-13-6-5-11(14)10(3)7-13/h9-11,14H,4-8H2,1-3H3. The highest BCUT2D eigenvalue weighted by Crippen LogP contribution is 2.17. The summed E-state index contributed by atoms with van der Waals surface area (Å²) in [6.45, 7) is 8.35. The number of nitrogens with zero attached hydrogens (tertiary/aromatic N) is 1. The molecule has 0 aromatic rings. The van der Waals surface area contributed by atoms with E-state index >= 15 is 0 Å². The van der Waals surface area contributed by atoms with E-state index < -0.39 is 0 Å². The highest BCUT2D eigenvalue weighted by molar-refractivity contribution is 5.82. The molecular weight excluding hydrogens is 190 g/mol. The first-order chi connectivity index (χ1) is 7.04. The minimum atomic E-state index is -0.181. The van der Waals surface area contributed by atoms with Crippen molar-refractivity contribution in [3.63, 3.8) is 0 Å². The van der Waals surface area contributed by atoms with E-state index in [1.165, 1.54) is 0 Å². The number of carbonyl (C=O) groups excluding carboxylic acids is 1. The summed E-state index contributed by atoms with van der Waals surface area (Å²) in [4.78, 5) is 13.9. The third-order valence-corrected chi connectivity index (χ3v) is 3.49. The minimum Gasteiger partial charge on any atom is -0.393 e. The number of hydrogen-bond acceptors (Lipinski definition) is 3. The first-order valence-corrected chi connectivity index (χ1v) is 5.97. The molecule has 0 aromatic carbocycles. The molecule has 1 aliphatic heterocycles. The molecule has 3 unspecified atom stereocenters. The summed E-state index contributed by atoms with van der Waals surface area (Å²) in [5.41, 5.74) is 0. The second-order valence-corrected chi connectivity index (χ2v) is 4.84. The number of hydrogen-bond donors (Lipinski definition) is 1. The molecule has 1 rings (SSSR count). The molecule has 1 N–H and O–H groups in total. The molecule has 3 nitrogen and oxygen atoms in total. The molecule has 1 heterocycles. The second-order valence-electron chi connectivity index (χ2n) is 4.84. The Labute approximate surface area is 92.5 Å².